The van der Waals surface area contributed by atoms with Crippen molar-refractivity contribution in [1.82, 2.24) is 14.7 Å². The molecular formula is C19H21F3N4O4S. The first-order valence-electron chi connectivity index (χ1n) is 9.34. The average Bonchev–Trinajstić information content (AvgIpc) is 3.13. The Kier molecular flexibility index (Phi) is 6.39. The van der Waals surface area contributed by atoms with Gasteiger partial charge in [0.2, 0.25) is 16.0 Å². The van der Waals surface area contributed by atoms with E-state index >= 15 is 0 Å². The second-order valence-electron chi connectivity index (χ2n) is 7.30. The quantitative estimate of drug-likeness (QED) is 0.709. The first kappa shape index (κ1) is 22.8. The molecule has 3 rings (SSSR count). The van der Waals surface area contributed by atoms with E-state index in [2.05, 4.69) is 9.97 Å². The number of sulfonamides is 1. The maximum absolute atomic E-state index is 13.1. The molecule has 0 radical (unpaired) electrons. The van der Waals surface area contributed by atoms with Gasteiger partial charge in [-0.2, -0.15) is 13.2 Å². The topological polar surface area (TPSA) is 101 Å². The number of nitrogens with one attached hydrogen (secondary N) is 1. The van der Waals surface area contributed by atoms with Crippen molar-refractivity contribution in [2.75, 3.05) is 30.9 Å². The van der Waals surface area contributed by atoms with Crippen LogP contribution in [0.5, 0.6) is 5.75 Å². The number of amides is 1. The Morgan fingerprint density at radius 2 is 2.00 bits per heavy atom. The summed E-state index contributed by atoms with van der Waals surface area (Å²) in [5, 5.41) is 0. The highest BCUT2D eigenvalue weighted by Gasteiger charge is 2.34. The second kappa shape index (κ2) is 8.69. The number of benzene rings is 1. The number of aromatic nitrogens is 2. The number of ether oxygens (including phenoxy) is 1. The van der Waals surface area contributed by atoms with Crippen LogP contribution in [0, 0.1) is 12.8 Å². The fraction of sp³-hybridized carbons (Fsp3) is 0.421. The van der Waals surface area contributed by atoms with Crippen LogP contribution in [0.1, 0.15) is 28.2 Å². The molecule has 1 aliphatic heterocycles. The zero-order chi connectivity index (χ0) is 22.8. The van der Waals surface area contributed by atoms with Gasteiger partial charge in [0.15, 0.2) is 0 Å². The molecule has 8 nitrogen and oxygen atoms in total. The molecule has 1 atom stereocenters. The van der Waals surface area contributed by atoms with E-state index in [1.54, 1.807) is 11.8 Å². The van der Waals surface area contributed by atoms with Crippen LogP contribution in [0.25, 0.3) is 0 Å². The van der Waals surface area contributed by atoms with Crippen LogP contribution in [-0.2, 0) is 16.2 Å². The molecule has 31 heavy (non-hydrogen) atoms. The molecule has 1 fully saturated rings. The molecule has 0 spiro atoms. The highest BCUT2D eigenvalue weighted by molar-refractivity contribution is 7.89. The minimum Gasteiger partial charge on any atom is -0.493 e. The Morgan fingerprint density at radius 1 is 1.29 bits per heavy atom. The fourth-order valence-electron chi connectivity index (χ4n) is 3.22. The molecule has 0 aliphatic carbocycles. The fourth-order valence-corrected chi connectivity index (χ4v) is 3.66. The van der Waals surface area contributed by atoms with E-state index in [4.69, 9.17) is 4.74 Å². The van der Waals surface area contributed by atoms with Crippen molar-refractivity contribution in [3.8, 4) is 5.75 Å². The van der Waals surface area contributed by atoms with Crippen LogP contribution in [0.15, 0.2) is 30.3 Å². The van der Waals surface area contributed by atoms with Crippen LogP contribution < -0.4 is 14.4 Å². The van der Waals surface area contributed by atoms with Crippen molar-refractivity contribution < 1.29 is 31.1 Å². The normalized spacial score (nSPS) is 16.9. The minimum absolute atomic E-state index is 0.0706. The van der Waals surface area contributed by atoms with Gasteiger partial charge in [-0.3, -0.25) is 4.79 Å². The van der Waals surface area contributed by atoms with E-state index in [-0.39, 0.29) is 29.9 Å². The molecule has 12 heteroatoms. The molecule has 1 aromatic heterocycles. The summed E-state index contributed by atoms with van der Waals surface area (Å²) in [5.41, 5.74) is -0.442. The smallest absolute Gasteiger partial charge is 0.419 e. The molecule has 0 bridgehead atoms. The van der Waals surface area contributed by atoms with Gasteiger partial charge in [-0.25, -0.2) is 23.1 Å². The third-order valence-electron chi connectivity index (χ3n) is 4.59. The molecule has 1 amide bonds. The largest absolute Gasteiger partial charge is 0.493 e. The lowest BCUT2D eigenvalue weighted by atomic mass is 10.1. The summed E-state index contributed by atoms with van der Waals surface area (Å²) >= 11 is 0. The molecule has 0 saturated carbocycles. The summed E-state index contributed by atoms with van der Waals surface area (Å²) in [6.45, 7) is 2.67. The predicted molar refractivity (Wildman–Crippen MR) is 106 cm³/mol. The van der Waals surface area contributed by atoms with Gasteiger partial charge < -0.3 is 9.64 Å². The number of halogens is 3. The molecule has 1 saturated heterocycles. The number of hydrogen-bond acceptors (Lipinski definition) is 7. The number of hydrogen-bond donors (Lipinski definition) is 1. The summed E-state index contributed by atoms with van der Waals surface area (Å²) in [4.78, 5) is 22.3. The van der Waals surface area contributed by atoms with Gasteiger partial charge >= 0.3 is 6.18 Å². The number of aryl methyl sites for hydroxylation is 1. The van der Waals surface area contributed by atoms with Gasteiger partial charge in [0.05, 0.1) is 18.4 Å². The Bertz CT molecular complexity index is 1080. The van der Waals surface area contributed by atoms with Crippen LogP contribution in [-0.4, -0.2) is 50.2 Å². The van der Waals surface area contributed by atoms with E-state index in [0.717, 1.165) is 12.3 Å². The monoisotopic (exact) mass is 458 g/mol. The van der Waals surface area contributed by atoms with E-state index in [9.17, 15) is 26.4 Å². The molecule has 2 heterocycles. The number of para-hydroxylation sites is 1. The van der Waals surface area contributed by atoms with Gasteiger partial charge in [0.25, 0.3) is 5.91 Å². The van der Waals surface area contributed by atoms with Crippen LogP contribution in [0.4, 0.5) is 19.1 Å². The lowest BCUT2D eigenvalue weighted by molar-refractivity contribution is -0.139. The zero-order valence-electron chi connectivity index (χ0n) is 16.8. The molecule has 2 aromatic rings. The molecule has 168 valence electrons. The van der Waals surface area contributed by atoms with E-state index in [0.29, 0.717) is 25.2 Å². The second-order valence-corrected chi connectivity index (χ2v) is 9.05. The van der Waals surface area contributed by atoms with E-state index < -0.39 is 27.7 Å². The van der Waals surface area contributed by atoms with Gasteiger partial charge in [0, 0.05) is 24.7 Å². The number of carbonyl (C=O) groups is 1. The lowest BCUT2D eigenvalue weighted by Crippen LogP contribution is -2.31. The molecule has 1 aliphatic rings. The van der Waals surface area contributed by atoms with Crippen molar-refractivity contribution in [3.63, 3.8) is 0 Å². The highest BCUT2D eigenvalue weighted by Crippen LogP contribution is 2.36. The molecular weight excluding hydrogens is 437 g/mol. The summed E-state index contributed by atoms with van der Waals surface area (Å²) in [7, 11) is -3.74. The van der Waals surface area contributed by atoms with Gasteiger partial charge in [-0.05, 0) is 31.5 Å². The average molecular weight is 458 g/mol. The van der Waals surface area contributed by atoms with Gasteiger partial charge in [-0.15, -0.1) is 0 Å². The number of nitrogens with zero attached hydrogens (tertiary/aromatic N) is 3. The van der Waals surface area contributed by atoms with Crippen molar-refractivity contribution in [2.45, 2.75) is 19.5 Å². The number of rotatable bonds is 6. The number of anilines is 1. The molecule has 0 unspecified atom stereocenters. The zero-order valence-corrected chi connectivity index (χ0v) is 17.6. The minimum atomic E-state index is -4.50. The van der Waals surface area contributed by atoms with Gasteiger partial charge in [0.1, 0.15) is 11.4 Å². The maximum Gasteiger partial charge on any atom is 0.419 e. The highest BCUT2D eigenvalue weighted by atomic mass is 32.2. The SMILES string of the molecule is Cc1cc(C(=O)NS(C)(=O)=O)nc(N2CC[C@H](COc3ccccc3C(F)(F)F)C2)n1. The van der Waals surface area contributed by atoms with Crippen molar-refractivity contribution >= 4 is 21.9 Å². The summed E-state index contributed by atoms with van der Waals surface area (Å²) in [6.07, 6.45) is -3.01. The van der Waals surface area contributed by atoms with Crippen molar-refractivity contribution in [2.24, 2.45) is 5.92 Å². The van der Waals surface area contributed by atoms with Crippen molar-refractivity contribution in [3.05, 3.63) is 47.3 Å². The third-order valence-corrected chi connectivity index (χ3v) is 5.15. The van der Waals surface area contributed by atoms with E-state index in [1.165, 1.54) is 24.3 Å². The summed E-state index contributed by atoms with van der Waals surface area (Å²) < 4.78 is 69.2. The first-order chi connectivity index (χ1) is 14.4. The number of alkyl halides is 3. The van der Waals surface area contributed by atoms with Crippen LogP contribution >= 0.6 is 0 Å². The molecule has 1 aromatic carbocycles. The van der Waals surface area contributed by atoms with Crippen LogP contribution in [0.2, 0.25) is 0 Å². The Morgan fingerprint density at radius 3 is 2.68 bits per heavy atom. The predicted octanol–water partition coefficient (Wildman–Crippen LogP) is 2.40. The van der Waals surface area contributed by atoms with E-state index in [1.807, 2.05) is 4.72 Å². The Hall–Kier alpha value is -2.89. The number of carbonyl (C=O) groups excluding carboxylic acids is 1. The van der Waals surface area contributed by atoms with Crippen molar-refractivity contribution in [1.29, 1.82) is 0 Å². The standard InChI is InChI=1S/C19H21F3N4O4S/c1-12-9-15(17(27)25-31(2,28)29)24-18(23-12)26-8-7-13(10-26)11-30-16-6-4-3-5-14(16)19(20,21)22/h3-6,9,13H,7-8,10-11H2,1-2H3,(H,25,27)/t13-/m0/s1. The molecule has 1 N–H and O–H groups in total. The summed E-state index contributed by atoms with van der Waals surface area (Å²) in [6, 6.07) is 6.41. The maximum atomic E-state index is 13.1. The summed E-state index contributed by atoms with van der Waals surface area (Å²) in [5.74, 6) is -0.910. The Balaban J connectivity index is 1.67. The van der Waals surface area contributed by atoms with Crippen LogP contribution in [0.3, 0.4) is 0 Å². The first-order valence-corrected chi connectivity index (χ1v) is 11.2. The third kappa shape index (κ3) is 6.06. The lowest BCUT2D eigenvalue weighted by Gasteiger charge is -2.18. The van der Waals surface area contributed by atoms with Gasteiger partial charge in [-0.1, -0.05) is 12.1 Å². The Labute approximate surface area is 177 Å².